The number of aromatic nitrogens is 1. The number of nitrogens with zero attached hydrogens (tertiary/aromatic N) is 1. The Morgan fingerprint density at radius 3 is 3.06 bits per heavy atom. The summed E-state index contributed by atoms with van der Waals surface area (Å²) in [5.41, 5.74) is 0. The normalized spacial score (nSPS) is 14.4. The molecule has 16 heavy (non-hydrogen) atoms. The summed E-state index contributed by atoms with van der Waals surface area (Å²) in [6, 6.07) is 2.99. The first-order chi connectivity index (χ1) is 7.77. The predicted molar refractivity (Wildman–Crippen MR) is 54.5 cm³/mol. The molecule has 1 aromatic rings. The van der Waals surface area contributed by atoms with Crippen LogP contribution in [0.2, 0.25) is 0 Å². The number of carbonyl (C=O) groups excluding carboxylic acids is 1. The van der Waals surface area contributed by atoms with Crippen LogP contribution in [-0.2, 0) is 14.3 Å². The quantitative estimate of drug-likeness (QED) is 0.766. The van der Waals surface area contributed by atoms with Gasteiger partial charge in [0.15, 0.2) is 11.6 Å². The Bertz CT molecular complexity index is 431. The molecule has 0 spiro atoms. The molecule has 0 aromatic carbocycles. The first-order valence-corrected chi connectivity index (χ1v) is 4.67. The second kappa shape index (κ2) is 4.52. The van der Waals surface area contributed by atoms with E-state index in [9.17, 15) is 9.90 Å². The summed E-state index contributed by atoms with van der Waals surface area (Å²) in [5, 5.41) is 11.8. The molecule has 6 nitrogen and oxygen atoms in total. The molecule has 1 amide bonds. The summed E-state index contributed by atoms with van der Waals surface area (Å²) in [4.78, 5) is 15.4. The first-order valence-electron chi connectivity index (χ1n) is 4.67. The molecule has 0 saturated heterocycles. The van der Waals surface area contributed by atoms with Gasteiger partial charge < -0.3 is 19.9 Å². The molecule has 0 saturated carbocycles. The molecule has 0 bridgehead atoms. The molecule has 0 fully saturated rings. The van der Waals surface area contributed by atoms with Gasteiger partial charge in [0.25, 0.3) is 5.91 Å². The highest BCUT2D eigenvalue weighted by Gasteiger charge is 2.16. The molecule has 2 heterocycles. The van der Waals surface area contributed by atoms with Crippen LogP contribution < -0.4 is 5.32 Å². The van der Waals surface area contributed by atoms with Gasteiger partial charge in [-0.25, -0.2) is 4.98 Å². The minimum absolute atomic E-state index is 0.0660. The van der Waals surface area contributed by atoms with E-state index < -0.39 is 5.91 Å². The highest BCUT2D eigenvalue weighted by molar-refractivity contribution is 6.02. The SMILES string of the molecule is O=C(Nc1ncccc1O)C1=COCCO1. The summed E-state index contributed by atoms with van der Waals surface area (Å²) >= 11 is 0. The number of ether oxygens (including phenoxy) is 2. The Labute approximate surface area is 91.5 Å². The van der Waals surface area contributed by atoms with Crippen molar-refractivity contribution in [2.45, 2.75) is 0 Å². The Kier molecular flexibility index (Phi) is 2.90. The molecule has 1 aliphatic heterocycles. The zero-order valence-corrected chi connectivity index (χ0v) is 8.34. The number of rotatable bonds is 2. The number of hydrogen-bond donors (Lipinski definition) is 2. The Hall–Kier alpha value is -2.24. The van der Waals surface area contributed by atoms with Gasteiger partial charge in [-0.15, -0.1) is 0 Å². The van der Waals surface area contributed by atoms with Crippen molar-refractivity contribution in [3.05, 3.63) is 30.4 Å². The van der Waals surface area contributed by atoms with Crippen molar-refractivity contribution in [2.75, 3.05) is 18.5 Å². The van der Waals surface area contributed by atoms with Crippen molar-refractivity contribution in [3.63, 3.8) is 0 Å². The average Bonchev–Trinajstić information content (AvgIpc) is 2.33. The van der Waals surface area contributed by atoms with Crippen molar-refractivity contribution in [3.8, 4) is 5.75 Å². The second-order valence-corrected chi connectivity index (χ2v) is 3.03. The lowest BCUT2D eigenvalue weighted by Gasteiger charge is -2.14. The minimum atomic E-state index is -0.506. The lowest BCUT2D eigenvalue weighted by atomic mass is 10.4. The Morgan fingerprint density at radius 2 is 2.38 bits per heavy atom. The summed E-state index contributed by atoms with van der Waals surface area (Å²) in [7, 11) is 0. The van der Waals surface area contributed by atoms with Crippen LogP contribution in [0.15, 0.2) is 30.4 Å². The van der Waals surface area contributed by atoms with Crippen LogP contribution in [0.5, 0.6) is 5.75 Å². The minimum Gasteiger partial charge on any atom is -0.504 e. The largest absolute Gasteiger partial charge is 0.504 e. The van der Waals surface area contributed by atoms with Crippen molar-refractivity contribution in [1.82, 2.24) is 4.98 Å². The maximum atomic E-state index is 11.6. The fourth-order valence-electron chi connectivity index (χ4n) is 1.15. The first kappa shape index (κ1) is 10.3. The fourth-order valence-corrected chi connectivity index (χ4v) is 1.15. The Balaban J connectivity index is 2.07. The molecule has 84 valence electrons. The molecule has 1 aromatic heterocycles. The zero-order valence-electron chi connectivity index (χ0n) is 8.34. The molecule has 1 aliphatic rings. The highest BCUT2D eigenvalue weighted by atomic mass is 16.6. The molecule has 0 aliphatic carbocycles. The van der Waals surface area contributed by atoms with E-state index in [0.717, 1.165) is 0 Å². The van der Waals surface area contributed by atoms with Crippen LogP contribution in [0.1, 0.15) is 0 Å². The molecule has 2 rings (SSSR count). The van der Waals surface area contributed by atoms with Crippen LogP contribution in [0, 0.1) is 0 Å². The van der Waals surface area contributed by atoms with Crippen LogP contribution in [0.3, 0.4) is 0 Å². The van der Waals surface area contributed by atoms with E-state index >= 15 is 0 Å². The van der Waals surface area contributed by atoms with Gasteiger partial charge >= 0.3 is 0 Å². The lowest BCUT2D eigenvalue weighted by Crippen LogP contribution is -2.21. The summed E-state index contributed by atoms with van der Waals surface area (Å²) in [6.45, 7) is 0.749. The molecule has 0 radical (unpaired) electrons. The van der Waals surface area contributed by atoms with E-state index in [0.29, 0.717) is 13.2 Å². The maximum absolute atomic E-state index is 11.6. The van der Waals surface area contributed by atoms with E-state index in [4.69, 9.17) is 9.47 Å². The van der Waals surface area contributed by atoms with Gasteiger partial charge in [-0.2, -0.15) is 0 Å². The van der Waals surface area contributed by atoms with E-state index in [2.05, 4.69) is 10.3 Å². The summed E-state index contributed by atoms with van der Waals surface area (Å²) in [5.74, 6) is -0.458. The van der Waals surface area contributed by atoms with Gasteiger partial charge in [-0.1, -0.05) is 0 Å². The van der Waals surface area contributed by atoms with E-state index in [1.54, 1.807) is 6.07 Å². The predicted octanol–water partition coefficient (Wildman–Crippen LogP) is 0.614. The molecule has 0 unspecified atom stereocenters. The van der Waals surface area contributed by atoms with Crippen molar-refractivity contribution >= 4 is 11.7 Å². The summed E-state index contributed by atoms with van der Waals surface area (Å²) < 4.78 is 10.0. The van der Waals surface area contributed by atoms with Gasteiger partial charge in [0, 0.05) is 6.20 Å². The topological polar surface area (TPSA) is 80.7 Å². The summed E-state index contributed by atoms with van der Waals surface area (Å²) in [6.07, 6.45) is 2.70. The zero-order chi connectivity index (χ0) is 11.4. The standard InChI is InChI=1S/C10H10N2O4/c13-7-2-1-3-11-9(7)12-10(14)8-6-15-4-5-16-8/h1-3,6,13H,4-5H2,(H,11,12,14). The highest BCUT2D eigenvalue weighted by Crippen LogP contribution is 2.19. The molecule has 6 heteroatoms. The van der Waals surface area contributed by atoms with Gasteiger partial charge in [-0.05, 0) is 12.1 Å². The number of hydrogen-bond acceptors (Lipinski definition) is 5. The average molecular weight is 222 g/mol. The number of pyridine rings is 1. The fraction of sp³-hybridized carbons (Fsp3) is 0.200. The van der Waals surface area contributed by atoms with Crippen LogP contribution >= 0.6 is 0 Å². The number of anilines is 1. The van der Waals surface area contributed by atoms with Gasteiger partial charge in [0.2, 0.25) is 5.76 Å². The van der Waals surface area contributed by atoms with Crippen molar-refractivity contribution in [1.29, 1.82) is 0 Å². The van der Waals surface area contributed by atoms with Gasteiger partial charge in [-0.3, -0.25) is 4.79 Å². The molecule has 0 atom stereocenters. The number of aromatic hydroxyl groups is 1. The molecule has 2 N–H and O–H groups in total. The number of amides is 1. The van der Waals surface area contributed by atoms with E-state index in [-0.39, 0.29) is 17.3 Å². The second-order valence-electron chi connectivity index (χ2n) is 3.03. The van der Waals surface area contributed by atoms with Crippen molar-refractivity contribution in [2.24, 2.45) is 0 Å². The van der Waals surface area contributed by atoms with Crippen LogP contribution in [0.25, 0.3) is 0 Å². The number of carbonyl (C=O) groups is 1. The molecular formula is C10H10N2O4. The van der Waals surface area contributed by atoms with Gasteiger partial charge in [0.05, 0.1) is 0 Å². The Morgan fingerprint density at radius 1 is 1.50 bits per heavy atom. The van der Waals surface area contributed by atoms with E-state index in [1.165, 1.54) is 18.5 Å². The van der Waals surface area contributed by atoms with Gasteiger partial charge in [0.1, 0.15) is 19.5 Å². The van der Waals surface area contributed by atoms with Crippen LogP contribution in [0.4, 0.5) is 5.82 Å². The van der Waals surface area contributed by atoms with E-state index in [1.807, 2.05) is 0 Å². The maximum Gasteiger partial charge on any atom is 0.295 e. The molecular weight excluding hydrogens is 212 g/mol. The van der Waals surface area contributed by atoms with Crippen molar-refractivity contribution < 1.29 is 19.4 Å². The number of nitrogens with one attached hydrogen (secondary N) is 1. The smallest absolute Gasteiger partial charge is 0.295 e. The third kappa shape index (κ3) is 2.22. The lowest BCUT2D eigenvalue weighted by molar-refractivity contribution is -0.117. The van der Waals surface area contributed by atoms with Crippen LogP contribution in [-0.4, -0.2) is 29.2 Å². The third-order valence-corrected chi connectivity index (χ3v) is 1.89. The monoisotopic (exact) mass is 222 g/mol. The third-order valence-electron chi connectivity index (χ3n) is 1.89.